The maximum Gasteiger partial charge on any atom is 0.317 e. The van der Waals surface area contributed by atoms with Crippen molar-refractivity contribution in [2.24, 2.45) is 0 Å². The molecule has 122 valence electrons. The summed E-state index contributed by atoms with van der Waals surface area (Å²) in [5.41, 5.74) is 0. The van der Waals surface area contributed by atoms with Crippen molar-refractivity contribution < 1.29 is 29.6 Å². The number of carboxylic acids is 2. The fraction of sp³-hybridized carbons (Fsp3) is 0.692. The molecule has 0 aliphatic heterocycles. The molecule has 0 spiro atoms. The van der Waals surface area contributed by atoms with Gasteiger partial charge in [-0.3, -0.25) is 19.4 Å². The molecule has 8 nitrogen and oxygen atoms in total. The van der Waals surface area contributed by atoms with Gasteiger partial charge < -0.3 is 20.1 Å². The van der Waals surface area contributed by atoms with Gasteiger partial charge in [0, 0.05) is 19.6 Å². The number of aliphatic hydroxyl groups excluding tert-OH is 1. The lowest BCUT2D eigenvalue weighted by Crippen LogP contribution is -2.42. The number of hydrogen-bond acceptors (Lipinski definition) is 6. The lowest BCUT2D eigenvalue weighted by molar-refractivity contribution is -0.140. The Kier molecular flexibility index (Phi) is 10.4. The second kappa shape index (κ2) is 11.2. The largest absolute Gasteiger partial charge is 0.480 e. The highest BCUT2D eigenvalue weighted by molar-refractivity contribution is 5.69. The Morgan fingerprint density at radius 3 is 2.38 bits per heavy atom. The molecule has 0 bridgehead atoms. The van der Waals surface area contributed by atoms with E-state index in [2.05, 4.69) is 6.58 Å². The van der Waals surface area contributed by atoms with E-state index in [4.69, 9.17) is 14.9 Å². The first-order chi connectivity index (χ1) is 9.85. The highest BCUT2D eigenvalue weighted by atomic mass is 16.5. The maximum atomic E-state index is 10.8. The van der Waals surface area contributed by atoms with Gasteiger partial charge in [0.2, 0.25) is 0 Å². The Bertz CT molecular complexity index is 337. The van der Waals surface area contributed by atoms with E-state index in [0.717, 1.165) is 0 Å². The van der Waals surface area contributed by atoms with Crippen molar-refractivity contribution in [2.75, 3.05) is 53.0 Å². The molecule has 0 saturated carbocycles. The Hall–Kier alpha value is -1.48. The number of rotatable bonds is 13. The summed E-state index contributed by atoms with van der Waals surface area (Å²) in [5, 5.41) is 27.3. The molecule has 21 heavy (non-hydrogen) atoms. The Morgan fingerprint density at radius 2 is 1.86 bits per heavy atom. The van der Waals surface area contributed by atoms with Gasteiger partial charge in [0.25, 0.3) is 0 Å². The van der Waals surface area contributed by atoms with Crippen LogP contribution in [0.5, 0.6) is 0 Å². The monoisotopic (exact) mass is 304 g/mol. The van der Waals surface area contributed by atoms with Crippen LogP contribution < -0.4 is 0 Å². The highest BCUT2D eigenvalue weighted by Gasteiger charge is 2.16. The number of carboxylic acid groups (broad SMARTS) is 2. The highest BCUT2D eigenvalue weighted by Crippen LogP contribution is 1.96. The molecule has 0 radical (unpaired) electrons. The van der Waals surface area contributed by atoms with Crippen LogP contribution in [0.25, 0.3) is 0 Å². The first kappa shape index (κ1) is 19.5. The van der Waals surface area contributed by atoms with E-state index in [1.54, 1.807) is 22.9 Å². The van der Waals surface area contributed by atoms with Crippen LogP contribution in [0.1, 0.15) is 0 Å². The van der Waals surface area contributed by atoms with Crippen LogP contribution in [-0.4, -0.2) is 96.1 Å². The van der Waals surface area contributed by atoms with Crippen LogP contribution in [0.4, 0.5) is 0 Å². The molecule has 0 rings (SSSR count). The summed E-state index contributed by atoms with van der Waals surface area (Å²) in [6.45, 7) is 4.42. The summed E-state index contributed by atoms with van der Waals surface area (Å²) in [7, 11) is 1.64. The molecule has 0 saturated heterocycles. The van der Waals surface area contributed by atoms with Crippen molar-refractivity contribution in [3.8, 4) is 0 Å². The van der Waals surface area contributed by atoms with E-state index in [0.29, 0.717) is 19.7 Å². The fourth-order valence-electron chi connectivity index (χ4n) is 1.69. The van der Waals surface area contributed by atoms with Crippen LogP contribution in [0.3, 0.4) is 0 Å². The molecule has 8 heteroatoms. The van der Waals surface area contributed by atoms with Gasteiger partial charge in [-0.1, -0.05) is 6.08 Å². The third-order valence-electron chi connectivity index (χ3n) is 2.58. The number of nitrogens with zero attached hydrogens (tertiary/aromatic N) is 2. The van der Waals surface area contributed by atoms with Crippen molar-refractivity contribution in [3.05, 3.63) is 12.7 Å². The van der Waals surface area contributed by atoms with E-state index in [1.807, 2.05) is 0 Å². The molecule has 0 aromatic carbocycles. The van der Waals surface area contributed by atoms with Crippen LogP contribution in [0.2, 0.25) is 0 Å². The molecular weight excluding hydrogens is 280 g/mol. The van der Waals surface area contributed by atoms with Crippen LogP contribution in [-0.2, 0) is 14.3 Å². The van der Waals surface area contributed by atoms with E-state index >= 15 is 0 Å². The van der Waals surface area contributed by atoms with Gasteiger partial charge >= 0.3 is 11.9 Å². The quantitative estimate of drug-likeness (QED) is 0.292. The first-order valence-electron chi connectivity index (χ1n) is 6.56. The Labute approximate surface area is 124 Å². The maximum absolute atomic E-state index is 10.8. The van der Waals surface area contributed by atoms with E-state index < -0.39 is 18.0 Å². The van der Waals surface area contributed by atoms with Crippen molar-refractivity contribution in [2.45, 2.75) is 6.10 Å². The second-order valence-corrected chi connectivity index (χ2v) is 4.74. The zero-order valence-corrected chi connectivity index (χ0v) is 12.3. The zero-order valence-electron chi connectivity index (χ0n) is 12.3. The third kappa shape index (κ3) is 12.0. The molecule has 1 atom stereocenters. The fourth-order valence-corrected chi connectivity index (χ4v) is 1.69. The number of likely N-dealkylation sites (N-methyl/N-ethyl adjacent to an activating group) is 1. The topological polar surface area (TPSA) is 111 Å². The SMILES string of the molecule is C=CCOCC(O)CN(CCN(C)CC(=O)O)CC(=O)O. The standard InChI is InChI=1S/C13H24N2O6/c1-3-6-21-10-11(16)7-15(9-13(19)20)5-4-14(2)8-12(17)18/h3,11,16H,1,4-10H2,2H3,(H,17,18)(H,19,20). The van der Waals surface area contributed by atoms with Crippen LogP contribution in [0.15, 0.2) is 12.7 Å². The molecule has 0 heterocycles. The normalized spacial score (nSPS) is 12.6. The van der Waals surface area contributed by atoms with Crippen molar-refractivity contribution in [3.63, 3.8) is 0 Å². The predicted octanol–water partition coefficient (Wildman–Crippen LogP) is -1.05. The summed E-state index contributed by atoms with van der Waals surface area (Å²) in [6.07, 6.45) is 0.747. The van der Waals surface area contributed by atoms with Gasteiger partial charge in [-0.25, -0.2) is 0 Å². The Balaban J connectivity index is 4.21. The van der Waals surface area contributed by atoms with Gasteiger partial charge in [-0.2, -0.15) is 0 Å². The van der Waals surface area contributed by atoms with Gasteiger partial charge in [0.05, 0.1) is 32.4 Å². The summed E-state index contributed by atoms with van der Waals surface area (Å²) >= 11 is 0. The lowest BCUT2D eigenvalue weighted by Gasteiger charge is -2.25. The van der Waals surface area contributed by atoms with Gasteiger partial charge in [-0.05, 0) is 7.05 Å². The predicted molar refractivity (Wildman–Crippen MR) is 76.2 cm³/mol. The number of aliphatic hydroxyl groups is 1. The number of carbonyl (C=O) groups is 2. The summed E-state index contributed by atoms with van der Waals surface area (Å²) in [5.74, 6) is -1.95. The van der Waals surface area contributed by atoms with Crippen LogP contribution in [0, 0.1) is 0 Å². The van der Waals surface area contributed by atoms with Crippen LogP contribution >= 0.6 is 0 Å². The third-order valence-corrected chi connectivity index (χ3v) is 2.58. The zero-order chi connectivity index (χ0) is 16.3. The van der Waals surface area contributed by atoms with E-state index in [1.165, 1.54) is 0 Å². The van der Waals surface area contributed by atoms with E-state index in [-0.39, 0.29) is 26.2 Å². The molecule has 0 aliphatic rings. The number of hydrogen-bond donors (Lipinski definition) is 3. The summed E-state index contributed by atoms with van der Waals surface area (Å²) in [6, 6.07) is 0. The molecule has 3 N–H and O–H groups in total. The average Bonchev–Trinajstić information content (AvgIpc) is 2.34. The molecule has 0 fully saturated rings. The molecule has 0 aromatic heterocycles. The van der Waals surface area contributed by atoms with Gasteiger partial charge in [0.1, 0.15) is 0 Å². The first-order valence-corrected chi connectivity index (χ1v) is 6.56. The molecular formula is C13H24N2O6. The summed E-state index contributed by atoms with van der Waals surface area (Å²) in [4.78, 5) is 24.5. The van der Waals surface area contributed by atoms with Crippen molar-refractivity contribution in [1.29, 1.82) is 0 Å². The molecule has 0 aromatic rings. The Morgan fingerprint density at radius 1 is 1.24 bits per heavy atom. The van der Waals surface area contributed by atoms with Gasteiger partial charge in [-0.15, -0.1) is 6.58 Å². The van der Waals surface area contributed by atoms with Crippen molar-refractivity contribution >= 4 is 11.9 Å². The van der Waals surface area contributed by atoms with Gasteiger partial charge in [0.15, 0.2) is 0 Å². The molecule has 0 aliphatic carbocycles. The lowest BCUT2D eigenvalue weighted by atomic mass is 10.3. The number of aliphatic carboxylic acids is 2. The smallest absolute Gasteiger partial charge is 0.317 e. The average molecular weight is 304 g/mol. The summed E-state index contributed by atoms with van der Waals surface area (Å²) < 4.78 is 5.10. The number of ether oxygens (including phenoxy) is 1. The van der Waals surface area contributed by atoms with Crippen molar-refractivity contribution in [1.82, 2.24) is 9.80 Å². The minimum atomic E-state index is -1.00. The minimum Gasteiger partial charge on any atom is -0.480 e. The van der Waals surface area contributed by atoms with E-state index in [9.17, 15) is 14.7 Å². The molecule has 1 unspecified atom stereocenters. The molecule has 0 amide bonds. The second-order valence-electron chi connectivity index (χ2n) is 4.74. The minimum absolute atomic E-state index is 0.0904.